The van der Waals surface area contributed by atoms with E-state index < -0.39 is 42.1 Å². The summed E-state index contributed by atoms with van der Waals surface area (Å²) in [5.74, 6) is 0.0417. The third-order valence-corrected chi connectivity index (χ3v) is 26.0. The molecule has 2 fully saturated rings. The number of hydrogen-bond donors (Lipinski definition) is 0. The summed E-state index contributed by atoms with van der Waals surface area (Å²) in [6, 6.07) is 79.0. The Hall–Kier alpha value is -6.44. The van der Waals surface area contributed by atoms with Gasteiger partial charge in [0.15, 0.2) is 5.78 Å². The van der Waals surface area contributed by atoms with E-state index in [-0.39, 0.29) is 16.6 Å². The highest BCUT2D eigenvalue weighted by Crippen LogP contribution is 2.62. The first-order chi connectivity index (χ1) is 51.1. The fourth-order valence-corrected chi connectivity index (χ4v) is 17.8. The molecule has 11 aromatic rings. The van der Waals surface area contributed by atoms with Crippen LogP contribution in [0.5, 0.6) is 0 Å². The van der Waals surface area contributed by atoms with Crippen LogP contribution < -0.4 is 10.9 Å². The van der Waals surface area contributed by atoms with E-state index >= 15 is 0 Å². The zero-order valence-corrected chi connectivity index (χ0v) is 71.2. The minimum Gasteiger partial charge on any atom is -0.399 e. The molecule has 0 bridgehead atoms. The van der Waals surface area contributed by atoms with Crippen LogP contribution in [-0.4, -0.2) is 47.0 Å². The number of nitrogens with zero attached hydrogens (tertiary/aromatic N) is 1. The van der Waals surface area contributed by atoms with Gasteiger partial charge < -0.3 is 23.2 Å². The van der Waals surface area contributed by atoms with Crippen molar-refractivity contribution in [1.82, 2.24) is 4.57 Å². The molecule has 0 spiro atoms. The normalized spacial score (nSPS) is 16.5. The Bertz CT molecular complexity index is 4740. The maximum absolute atomic E-state index is 12.0. The van der Waals surface area contributed by atoms with E-state index in [0.717, 1.165) is 28.8 Å². The first kappa shape index (κ1) is 78.7. The molecular weight excluding hydrogens is 1580 g/mol. The Morgan fingerprint density at radius 3 is 1.19 bits per heavy atom. The largest absolute Gasteiger partial charge is 0.494 e. The van der Waals surface area contributed by atoms with Crippen molar-refractivity contribution in [1.29, 1.82) is 0 Å². The standard InChI is InChI=1S/C60H76B2O4.C22H19Br2N.C13H8Br2O/c1-11-13-15-17-19-25-39-59(40-26-20-18-16-14-12-2)51-29-23-21-27-47(51)49-42-54-50(41-53(49)59)48-28-22-24-30-52(48)60(54,43-31-35-45(36-32-43)61-63-55(3,4)56(5,6)64-61)44-33-37-46(38-34-44)62-65-57(7,8)58(9,10)66-62;1-22(2,3)14-4-8-17(9-5-14)25-20-12-15(23)6-10-18(20)19-11-7-16(24)13-21(19)25;14-11-5-1-9(2-6-11)13(16)10-3-7-12(15)8-4-10/h21-24,27-38,41-42H,11-20,25-26,39-40H2,1-10H3;4-13H,1-3H3;1-8H. The van der Waals surface area contributed by atoms with Crippen LogP contribution in [0.25, 0.3) is 49.7 Å². The first-order valence-corrected chi connectivity index (χ1v) is 42.2. The van der Waals surface area contributed by atoms with E-state index in [1.54, 1.807) is 11.1 Å². The van der Waals surface area contributed by atoms with Crippen molar-refractivity contribution >= 4 is 116 Å². The molecule has 107 heavy (non-hydrogen) atoms. The molecule has 0 atom stereocenters. The topological polar surface area (TPSA) is 58.9 Å². The summed E-state index contributed by atoms with van der Waals surface area (Å²) >= 11 is 13.9. The summed E-state index contributed by atoms with van der Waals surface area (Å²) in [6.45, 7) is 28.4. The van der Waals surface area contributed by atoms with Crippen molar-refractivity contribution in [3.63, 3.8) is 0 Å². The zero-order valence-electron chi connectivity index (χ0n) is 64.8. The fourth-order valence-electron chi connectivity index (χ4n) is 16.6. The van der Waals surface area contributed by atoms with Gasteiger partial charge in [0.25, 0.3) is 0 Å². The number of hydrogen-bond acceptors (Lipinski definition) is 5. The lowest BCUT2D eigenvalue weighted by Crippen LogP contribution is -2.41. The lowest BCUT2D eigenvalue weighted by atomic mass is 9.65. The summed E-state index contributed by atoms with van der Waals surface area (Å²) in [5.41, 5.74) is 20.0. The van der Waals surface area contributed by atoms with Gasteiger partial charge in [0.05, 0.1) is 38.9 Å². The van der Waals surface area contributed by atoms with Gasteiger partial charge in [-0.25, -0.2) is 0 Å². The summed E-state index contributed by atoms with van der Waals surface area (Å²) in [7, 11) is -0.873. The Labute approximate surface area is 671 Å². The van der Waals surface area contributed by atoms with Gasteiger partial charge in [-0.1, -0.05) is 297 Å². The van der Waals surface area contributed by atoms with E-state index in [1.807, 2.05) is 48.5 Å². The van der Waals surface area contributed by atoms with Crippen molar-refractivity contribution in [3.8, 4) is 27.9 Å². The summed E-state index contributed by atoms with van der Waals surface area (Å²) in [5, 5.41) is 2.54. The number of carbonyl (C=O) groups is 1. The fraction of sp³-hybridized carbons (Fsp3) is 0.358. The van der Waals surface area contributed by atoms with Crippen molar-refractivity contribution in [3.05, 3.63) is 286 Å². The molecule has 1 aromatic heterocycles. The molecule has 0 radical (unpaired) electrons. The minimum atomic E-state index is -0.595. The predicted octanol–water partition coefficient (Wildman–Crippen LogP) is 26.5. The van der Waals surface area contributed by atoms with E-state index in [2.05, 4.69) is 328 Å². The van der Waals surface area contributed by atoms with Gasteiger partial charge in [-0.2, -0.15) is 0 Å². The van der Waals surface area contributed by atoms with Crippen LogP contribution >= 0.6 is 63.7 Å². The number of benzene rings is 10. The molecule has 10 aromatic carbocycles. The van der Waals surface area contributed by atoms with Crippen molar-refractivity contribution in [2.75, 3.05) is 0 Å². The van der Waals surface area contributed by atoms with Crippen LogP contribution in [0.3, 0.4) is 0 Å². The Kier molecular flexibility index (Phi) is 23.6. The minimum absolute atomic E-state index is 0.00830. The Morgan fingerprint density at radius 2 is 0.757 bits per heavy atom. The highest BCUT2D eigenvalue weighted by Gasteiger charge is 2.55. The number of carbonyl (C=O) groups excluding carboxylic acids is 1. The summed E-state index contributed by atoms with van der Waals surface area (Å²) in [4.78, 5) is 12.0. The molecule has 552 valence electrons. The third kappa shape index (κ3) is 15.7. The molecule has 3 heterocycles. The monoisotopic (exact) mass is 1680 g/mol. The van der Waals surface area contributed by atoms with Gasteiger partial charge in [-0.05, 0) is 243 Å². The second kappa shape index (κ2) is 32.1. The summed E-state index contributed by atoms with van der Waals surface area (Å²) in [6.07, 6.45) is 18.1. The molecule has 0 saturated carbocycles. The maximum Gasteiger partial charge on any atom is 0.494 e. The number of fused-ring (bicyclic) bond motifs is 9. The number of unbranched alkanes of at least 4 members (excludes halogenated alkanes) is 10. The number of ketones is 1. The zero-order chi connectivity index (χ0) is 75.8. The molecule has 0 amide bonds. The van der Waals surface area contributed by atoms with Crippen LogP contribution in [0.4, 0.5) is 0 Å². The second-order valence-corrected chi connectivity index (χ2v) is 36.8. The molecule has 6 nitrogen and oxygen atoms in total. The summed E-state index contributed by atoms with van der Waals surface area (Å²) < 4.78 is 32.8. The molecule has 2 saturated heterocycles. The molecule has 2 aliphatic carbocycles. The van der Waals surface area contributed by atoms with E-state index in [0.29, 0.717) is 11.1 Å². The van der Waals surface area contributed by atoms with Gasteiger partial charge in [-0.3, -0.25) is 4.79 Å². The van der Waals surface area contributed by atoms with Crippen LogP contribution in [-0.2, 0) is 34.9 Å². The van der Waals surface area contributed by atoms with E-state index in [1.165, 1.54) is 167 Å². The Balaban J connectivity index is 0.000000198. The van der Waals surface area contributed by atoms with Crippen molar-refractivity contribution in [2.24, 2.45) is 0 Å². The SMILES string of the molecule is CC(C)(C)c1ccc(-n2c3cc(Br)ccc3c3ccc(Br)cc32)cc1.CCCCCCCCC1(CCCCCCCC)c2ccccc2-c2cc3c(cc21)-c1ccccc1C3(c1ccc(B2OC(C)(C)C(C)(C)O2)cc1)c1ccc(B2OC(C)(C)C(C)(C)O2)cc1.O=C(c1ccc(Br)cc1)c1ccc(Br)cc1. The van der Waals surface area contributed by atoms with Gasteiger partial charge in [0.2, 0.25) is 0 Å². The first-order valence-electron chi connectivity index (χ1n) is 39.0. The number of aromatic nitrogens is 1. The highest BCUT2D eigenvalue weighted by atomic mass is 79.9. The maximum atomic E-state index is 12.0. The molecule has 12 heteroatoms. The predicted molar refractivity (Wildman–Crippen MR) is 464 cm³/mol. The average molecular weight is 1680 g/mol. The van der Waals surface area contributed by atoms with E-state index in [9.17, 15) is 4.79 Å². The molecule has 0 unspecified atom stereocenters. The van der Waals surface area contributed by atoms with Gasteiger partial charge in [0.1, 0.15) is 0 Å². The molecule has 4 aliphatic rings. The number of halogens is 4. The quantitative estimate of drug-likeness (QED) is 0.0408. The molecule has 2 aliphatic heterocycles. The van der Waals surface area contributed by atoms with Gasteiger partial charge in [-0.15, -0.1) is 0 Å². The van der Waals surface area contributed by atoms with Gasteiger partial charge in [0, 0.05) is 50.9 Å². The third-order valence-electron chi connectivity index (χ3n) is 24.0. The second-order valence-electron chi connectivity index (χ2n) is 33.1. The van der Waals surface area contributed by atoms with E-state index in [4.69, 9.17) is 18.6 Å². The van der Waals surface area contributed by atoms with Crippen molar-refractivity contribution < 1.29 is 23.4 Å². The Morgan fingerprint density at radius 1 is 0.383 bits per heavy atom. The smallest absolute Gasteiger partial charge is 0.399 e. The van der Waals surface area contributed by atoms with Crippen LogP contribution in [0, 0.1) is 0 Å². The average Bonchev–Trinajstić information content (AvgIpc) is 1.53. The molecule has 0 N–H and O–H groups in total. The molecular formula is C95H103B2Br4NO5. The van der Waals surface area contributed by atoms with Crippen LogP contribution in [0.15, 0.2) is 236 Å². The van der Waals surface area contributed by atoms with Crippen LogP contribution in [0.2, 0.25) is 0 Å². The van der Waals surface area contributed by atoms with Gasteiger partial charge >= 0.3 is 14.2 Å². The van der Waals surface area contributed by atoms with Crippen LogP contribution in [0.1, 0.15) is 235 Å². The lowest BCUT2D eigenvalue weighted by molar-refractivity contribution is 0.00578. The number of rotatable bonds is 21. The molecule has 15 rings (SSSR count). The van der Waals surface area contributed by atoms with Crippen molar-refractivity contribution in [2.45, 2.75) is 219 Å². The highest BCUT2D eigenvalue weighted by molar-refractivity contribution is 9.11. The lowest BCUT2D eigenvalue weighted by Gasteiger charge is -2.35.